The van der Waals surface area contributed by atoms with Gasteiger partial charge in [-0.25, -0.2) is 4.39 Å². The predicted molar refractivity (Wildman–Crippen MR) is 143 cm³/mol. The van der Waals surface area contributed by atoms with Gasteiger partial charge in [-0.3, -0.25) is 9.69 Å². The molecule has 2 saturated heterocycles. The van der Waals surface area contributed by atoms with Gasteiger partial charge < -0.3 is 9.84 Å². The van der Waals surface area contributed by atoms with Gasteiger partial charge in [0.15, 0.2) is 0 Å². The van der Waals surface area contributed by atoms with Crippen molar-refractivity contribution in [2.75, 3.05) is 0 Å². The molecule has 3 unspecified atom stereocenters. The Labute approximate surface area is 232 Å². The van der Waals surface area contributed by atoms with Gasteiger partial charge in [-0.05, 0) is 117 Å². The minimum Gasteiger partial charge on any atom is -0.490 e. The average Bonchev–Trinajstić information content (AvgIpc) is 3.71. The summed E-state index contributed by atoms with van der Waals surface area (Å²) in [6, 6.07) is 8.78. The first-order valence-corrected chi connectivity index (χ1v) is 14.7. The van der Waals surface area contributed by atoms with Crippen molar-refractivity contribution in [2.24, 2.45) is 17.8 Å². The van der Waals surface area contributed by atoms with Crippen LogP contribution in [0.25, 0.3) is 0 Å². The van der Waals surface area contributed by atoms with Gasteiger partial charge in [0.25, 0.3) is 0 Å². The van der Waals surface area contributed by atoms with Crippen LogP contribution in [0.4, 0.5) is 17.6 Å². The molecule has 0 aromatic heterocycles. The summed E-state index contributed by atoms with van der Waals surface area (Å²) in [4.78, 5) is 14.0. The molecular weight excluding hydrogens is 522 g/mol. The second kappa shape index (κ2) is 10.3. The number of alkyl halides is 3. The van der Waals surface area contributed by atoms with Crippen LogP contribution in [0.5, 0.6) is 5.75 Å². The fourth-order valence-electron chi connectivity index (χ4n) is 8.01. The first-order chi connectivity index (χ1) is 19.0. The van der Waals surface area contributed by atoms with Gasteiger partial charge >= 0.3 is 12.1 Å². The maximum Gasteiger partial charge on any atom is 0.416 e. The van der Waals surface area contributed by atoms with Crippen molar-refractivity contribution < 1.29 is 32.2 Å². The molecule has 1 aliphatic carbocycles. The van der Waals surface area contributed by atoms with Crippen LogP contribution in [0.3, 0.4) is 0 Å². The topological polar surface area (TPSA) is 49.8 Å². The molecule has 3 fully saturated rings. The number of ether oxygens (including phenoxy) is 1. The lowest BCUT2D eigenvalue weighted by atomic mass is 9.80. The van der Waals surface area contributed by atoms with E-state index in [1.54, 1.807) is 13.8 Å². The predicted octanol–water partition coefficient (Wildman–Crippen LogP) is 7.76. The van der Waals surface area contributed by atoms with Crippen LogP contribution in [0.2, 0.25) is 0 Å². The van der Waals surface area contributed by atoms with E-state index in [1.807, 2.05) is 0 Å². The van der Waals surface area contributed by atoms with Crippen molar-refractivity contribution in [2.45, 2.75) is 102 Å². The number of fused-ring (bicyclic) bond motifs is 3. The number of aryl methyl sites for hydroxylation is 1. The molecule has 4 nitrogen and oxygen atoms in total. The first-order valence-electron chi connectivity index (χ1n) is 14.7. The van der Waals surface area contributed by atoms with Crippen LogP contribution in [-0.2, 0) is 17.4 Å². The number of carboxylic acids is 1. The average molecular weight is 560 g/mol. The monoisotopic (exact) mass is 559 g/mol. The lowest BCUT2D eigenvalue weighted by Gasteiger charge is -2.45. The van der Waals surface area contributed by atoms with Crippen molar-refractivity contribution in [3.8, 4) is 5.75 Å². The van der Waals surface area contributed by atoms with E-state index < -0.39 is 35.5 Å². The molecule has 2 bridgehead atoms. The SMILES string of the molecule is C[C@H](C(=O)O)[C@H](c1ccc2c(c1)OC(C1CC3CCC(C1)N3[C@H](C)c1cc(F)ccc1C(F)(F)F)CC2)C1CC1. The van der Waals surface area contributed by atoms with E-state index in [9.17, 15) is 27.5 Å². The van der Waals surface area contributed by atoms with Crippen molar-refractivity contribution in [1.82, 2.24) is 4.90 Å². The normalized spacial score (nSPS) is 28.9. The van der Waals surface area contributed by atoms with Gasteiger partial charge in [0.05, 0.1) is 11.5 Å². The molecule has 1 saturated carbocycles. The lowest BCUT2D eigenvalue weighted by Crippen LogP contribution is -2.48. The summed E-state index contributed by atoms with van der Waals surface area (Å²) in [5, 5.41) is 9.69. The van der Waals surface area contributed by atoms with Crippen LogP contribution < -0.4 is 4.74 Å². The molecule has 2 aromatic carbocycles. The molecular formula is C32H37F4NO3. The number of carbonyl (C=O) groups is 1. The number of nitrogens with zero attached hydrogens (tertiary/aromatic N) is 1. The molecule has 6 rings (SSSR count). The van der Waals surface area contributed by atoms with E-state index in [0.717, 1.165) is 86.4 Å². The molecule has 4 aliphatic rings. The maximum absolute atomic E-state index is 14.1. The molecule has 8 heteroatoms. The number of aliphatic carboxylic acids is 1. The number of hydrogen-bond acceptors (Lipinski definition) is 3. The second-order valence-electron chi connectivity index (χ2n) is 12.5. The summed E-state index contributed by atoms with van der Waals surface area (Å²) in [5.41, 5.74) is 1.44. The number of halogens is 4. The maximum atomic E-state index is 14.1. The number of piperidine rings is 1. The molecule has 6 atom stereocenters. The Morgan fingerprint density at radius 1 is 1.00 bits per heavy atom. The minimum atomic E-state index is -4.53. The highest BCUT2D eigenvalue weighted by atomic mass is 19.4. The van der Waals surface area contributed by atoms with Gasteiger partial charge in [-0.2, -0.15) is 13.2 Å². The van der Waals surface area contributed by atoms with Gasteiger partial charge in [0.2, 0.25) is 0 Å². The number of benzene rings is 2. The van der Waals surface area contributed by atoms with Crippen LogP contribution in [0, 0.1) is 23.6 Å². The number of hydrogen-bond donors (Lipinski definition) is 1. The highest BCUT2D eigenvalue weighted by Gasteiger charge is 2.47. The molecule has 0 amide bonds. The summed E-state index contributed by atoms with van der Waals surface area (Å²) in [6.07, 6.45) is 2.94. The van der Waals surface area contributed by atoms with E-state index >= 15 is 0 Å². The van der Waals surface area contributed by atoms with Crippen LogP contribution in [0.1, 0.15) is 93.0 Å². The van der Waals surface area contributed by atoms with Gasteiger partial charge in [-0.15, -0.1) is 0 Å². The zero-order valence-electron chi connectivity index (χ0n) is 23.0. The standard InChI is InChI=1S/C32H37F4NO3/c1-17(31(38)39)30(20-4-5-20)21-6-3-19-7-12-28(40-29(19)15-21)22-13-24-9-10-25(14-22)37(24)18(2)26-16-23(33)8-11-27(26)32(34,35)36/h3,6,8,11,15-18,20,22,24-25,28,30H,4-5,7,9-10,12-14H2,1-2H3,(H,38,39)/t17-,18+,22?,24?,25?,28?,30-/m0/s1. The quantitative estimate of drug-likeness (QED) is 0.353. The van der Waals surface area contributed by atoms with Gasteiger partial charge in [0, 0.05) is 18.1 Å². The van der Waals surface area contributed by atoms with Crippen molar-refractivity contribution >= 4 is 5.97 Å². The molecule has 3 aliphatic heterocycles. The van der Waals surface area contributed by atoms with E-state index in [0.29, 0.717) is 11.8 Å². The minimum absolute atomic E-state index is 0.0130. The van der Waals surface area contributed by atoms with Gasteiger partial charge in [-0.1, -0.05) is 19.1 Å². The molecule has 1 N–H and O–H groups in total. The Bertz CT molecular complexity index is 1260. The highest BCUT2D eigenvalue weighted by Crippen LogP contribution is 2.50. The third-order valence-electron chi connectivity index (χ3n) is 10.1. The highest BCUT2D eigenvalue weighted by molar-refractivity contribution is 5.71. The van der Waals surface area contributed by atoms with Crippen LogP contribution in [0.15, 0.2) is 36.4 Å². The summed E-state index contributed by atoms with van der Waals surface area (Å²) in [6.45, 7) is 3.57. The van der Waals surface area contributed by atoms with Crippen molar-refractivity contribution in [3.63, 3.8) is 0 Å². The van der Waals surface area contributed by atoms with E-state index in [2.05, 4.69) is 23.1 Å². The third kappa shape index (κ3) is 5.12. The summed E-state index contributed by atoms with van der Waals surface area (Å²) in [5.74, 6) is -0.335. The Balaban J connectivity index is 1.18. The Morgan fingerprint density at radius 2 is 1.70 bits per heavy atom. The Morgan fingerprint density at radius 3 is 2.33 bits per heavy atom. The molecule has 0 radical (unpaired) electrons. The third-order valence-corrected chi connectivity index (χ3v) is 10.1. The Kier molecular flexibility index (Phi) is 7.12. The summed E-state index contributed by atoms with van der Waals surface area (Å²) < 4.78 is 62.0. The molecule has 0 spiro atoms. The van der Waals surface area contributed by atoms with E-state index in [4.69, 9.17) is 4.74 Å². The first kappa shape index (κ1) is 27.6. The van der Waals surface area contributed by atoms with Crippen LogP contribution >= 0.6 is 0 Å². The van der Waals surface area contributed by atoms with Gasteiger partial charge in [0.1, 0.15) is 17.7 Å². The molecule has 2 aromatic rings. The zero-order valence-corrected chi connectivity index (χ0v) is 23.0. The van der Waals surface area contributed by atoms with Crippen molar-refractivity contribution in [1.29, 1.82) is 0 Å². The lowest BCUT2D eigenvalue weighted by molar-refractivity contribution is -0.142. The fourth-order valence-corrected chi connectivity index (χ4v) is 8.01. The van der Waals surface area contributed by atoms with Crippen molar-refractivity contribution in [3.05, 3.63) is 64.5 Å². The molecule has 216 valence electrons. The molecule has 3 heterocycles. The largest absolute Gasteiger partial charge is 0.490 e. The van der Waals surface area contributed by atoms with Crippen LogP contribution in [-0.4, -0.2) is 34.2 Å². The zero-order chi connectivity index (χ0) is 28.3. The van der Waals surface area contributed by atoms with E-state index in [-0.39, 0.29) is 29.7 Å². The summed E-state index contributed by atoms with van der Waals surface area (Å²) in [7, 11) is 0. The number of rotatable bonds is 7. The summed E-state index contributed by atoms with van der Waals surface area (Å²) >= 11 is 0. The molecule has 40 heavy (non-hydrogen) atoms. The smallest absolute Gasteiger partial charge is 0.416 e. The number of carboxylic acid groups (broad SMARTS) is 1. The van der Waals surface area contributed by atoms with E-state index in [1.165, 1.54) is 0 Å². The second-order valence-corrected chi connectivity index (χ2v) is 12.5. The Hall–Kier alpha value is -2.61. The fraction of sp³-hybridized carbons (Fsp3) is 0.594.